The van der Waals surface area contributed by atoms with Gasteiger partial charge in [0.1, 0.15) is 6.61 Å². The molecule has 0 aromatic heterocycles. The van der Waals surface area contributed by atoms with Crippen LogP contribution in [0.1, 0.15) is 50.7 Å². The zero-order chi connectivity index (χ0) is 24.7. The first-order valence-electron chi connectivity index (χ1n) is 11.8. The Labute approximate surface area is 200 Å². The number of aliphatic carboxylic acids is 1. The van der Waals surface area contributed by atoms with Crippen LogP contribution in [0.2, 0.25) is 0 Å². The summed E-state index contributed by atoms with van der Waals surface area (Å²) < 4.78 is 5.58. The van der Waals surface area contributed by atoms with E-state index in [1.807, 2.05) is 38.1 Å². The highest BCUT2D eigenvalue weighted by atomic mass is 16.5. The van der Waals surface area contributed by atoms with E-state index in [1.165, 1.54) is 11.1 Å². The van der Waals surface area contributed by atoms with Crippen LogP contribution in [0.3, 0.4) is 0 Å². The maximum atomic E-state index is 12.5. The molecule has 0 bridgehead atoms. The largest absolute Gasteiger partial charge is 0.481 e. The molecule has 7 nitrogen and oxygen atoms in total. The quantitative estimate of drug-likeness (QED) is 0.455. The number of hydrogen-bond donors (Lipinski definition) is 3. The number of alkyl carbamates (subject to hydrolysis) is 1. The Morgan fingerprint density at radius 3 is 2.03 bits per heavy atom. The molecule has 0 aliphatic heterocycles. The molecule has 3 N–H and O–H groups in total. The fourth-order valence-corrected chi connectivity index (χ4v) is 4.38. The van der Waals surface area contributed by atoms with Crippen molar-refractivity contribution in [2.75, 3.05) is 19.7 Å². The van der Waals surface area contributed by atoms with E-state index in [0.717, 1.165) is 11.1 Å². The molecule has 1 aliphatic rings. The van der Waals surface area contributed by atoms with Crippen LogP contribution >= 0.6 is 0 Å². The standard InChI is InChI=1S/C27H34N2O5/c1-17(2)19(13-25(30)28-14-18(3)12-26(31)32)15-29-27(33)34-16-24-22-10-6-4-8-20(22)21-9-5-7-11-23(21)24/h4-11,17-19,24H,12-16H2,1-3H3,(H,28,30)(H,29,33)(H,31,32). The fraction of sp³-hybridized carbons (Fsp3) is 0.444. The molecule has 2 amide bonds. The molecule has 0 fully saturated rings. The summed E-state index contributed by atoms with van der Waals surface area (Å²) >= 11 is 0. The molecule has 34 heavy (non-hydrogen) atoms. The van der Waals surface area contributed by atoms with E-state index in [-0.39, 0.29) is 49.0 Å². The highest BCUT2D eigenvalue weighted by Gasteiger charge is 2.29. The third-order valence-electron chi connectivity index (χ3n) is 6.41. The van der Waals surface area contributed by atoms with Gasteiger partial charge in [-0.3, -0.25) is 9.59 Å². The summed E-state index contributed by atoms with van der Waals surface area (Å²) in [5.74, 6) is -1.05. The van der Waals surface area contributed by atoms with Crippen LogP contribution < -0.4 is 10.6 Å². The normalized spacial score (nSPS) is 14.1. The monoisotopic (exact) mass is 466 g/mol. The second-order valence-electron chi connectivity index (χ2n) is 9.42. The van der Waals surface area contributed by atoms with Gasteiger partial charge in [-0.15, -0.1) is 0 Å². The van der Waals surface area contributed by atoms with E-state index in [9.17, 15) is 14.4 Å². The Balaban J connectivity index is 1.49. The average Bonchev–Trinajstić information content (AvgIpc) is 3.12. The molecule has 182 valence electrons. The summed E-state index contributed by atoms with van der Waals surface area (Å²) in [7, 11) is 0. The van der Waals surface area contributed by atoms with Gasteiger partial charge in [-0.2, -0.15) is 0 Å². The number of benzene rings is 2. The minimum Gasteiger partial charge on any atom is -0.481 e. The number of fused-ring (bicyclic) bond motifs is 3. The summed E-state index contributed by atoms with van der Waals surface area (Å²) in [4.78, 5) is 35.6. The minimum absolute atomic E-state index is 0.00221. The van der Waals surface area contributed by atoms with Crippen molar-refractivity contribution in [3.63, 3.8) is 0 Å². The van der Waals surface area contributed by atoms with Crippen molar-refractivity contribution in [1.29, 1.82) is 0 Å². The Kier molecular flexibility index (Phi) is 8.68. The lowest BCUT2D eigenvalue weighted by Gasteiger charge is -2.22. The molecule has 0 heterocycles. The van der Waals surface area contributed by atoms with E-state index >= 15 is 0 Å². The van der Waals surface area contributed by atoms with Gasteiger partial charge in [0, 0.05) is 31.8 Å². The molecule has 2 aromatic carbocycles. The number of ether oxygens (including phenoxy) is 1. The van der Waals surface area contributed by atoms with Gasteiger partial charge in [-0.1, -0.05) is 69.3 Å². The SMILES string of the molecule is CC(CNC(=O)CC(CNC(=O)OCC1c2ccccc2-c2ccccc21)C(C)C)CC(=O)O. The first-order valence-corrected chi connectivity index (χ1v) is 11.8. The summed E-state index contributed by atoms with van der Waals surface area (Å²) in [5.41, 5.74) is 4.67. The first-order chi connectivity index (χ1) is 16.3. The number of rotatable bonds is 11. The van der Waals surface area contributed by atoms with Gasteiger partial charge >= 0.3 is 12.1 Å². The molecule has 1 aliphatic carbocycles. The van der Waals surface area contributed by atoms with Crippen molar-refractivity contribution in [2.24, 2.45) is 17.8 Å². The Morgan fingerprint density at radius 1 is 0.882 bits per heavy atom. The van der Waals surface area contributed by atoms with Crippen molar-refractivity contribution < 1.29 is 24.2 Å². The van der Waals surface area contributed by atoms with Crippen LogP contribution in [0.5, 0.6) is 0 Å². The number of carboxylic acid groups (broad SMARTS) is 1. The summed E-state index contributed by atoms with van der Waals surface area (Å²) in [6, 6.07) is 16.4. The topological polar surface area (TPSA) is 105 Å². The van der Waals surface area contributed by atoms with Crippen molar-refractivity contribution in [3.05, 3.63) is 59.7 Å². The van der Waals surface area contributed by atoms with Crippen LogP contribution in [0.4, 0.5) is 4.79 Å². The highest BCUT2D eigenvalue weighted by molar-refractivity contribution is 5.79. The zero-order valence-electron chi connectivity index (χ0n) is 20.0. The van der Waals surface area contributed by atoms with E-state index in [2.05, 4.69) is 34.9 Å². The zero-order valence-corrected chi connectivity index (χ0v) is 20.0. The first kappa shape index (κ1) is 25.3. The van der Waals surface area contributed by atoms with Gasteiger partial charge in [0.15, 0.2) is 0 Å². The molecule has 7 heteroatoms. The lowest BCUT2D eigenvalue weighted by molar-refractivity contribution is -0.138. The van der Waals surface area contributed by atoms with Gasteiger partial charge in [0.25, 0.3) is 0 Å². The summed E-state index contributed by atoms with van der Waals surface area (Å²) in [5, 5.41) is 14.4. The number of carbonyl (C=O) groups is 3. The molecule has 0 spiro atoms. The second kappa shape index (κ2) is 11.7. The predicted molar refractivity (Wildman–Crippen MR) is 130 cm³/mol. The van der Waals surface area contributed by atoms with Crippen LogP contribution in [-0.2, 0) is 14.3 Å². The Hall–Kier alpha value is -3.35. The van der Waals surface area contributed by atoms with Gasteiger partial charge in [0.05, 0.1) is 0 Å². The molecule has 3 rings (SSSR count). The fourth-order valence-electron chi connectivity index (χ4n) is 4.38. The van der Waals surface area contributed by atoms with Gasteiger partial charge in [0.2, 0.25) is 5.91 Å². The van der Waals surface area contributed by atoms with Crippen LogP contribution in [0.15, 0.2) is 48.5 Å². The minimum atomic E-state index is -0.880. The second-order valence-corrected chi connectivity index (χ2v) is 9.42. The summed E-state index contributed by atoms with van der Waals surface area (Å²) in [6.07, 6.45) is -0.235. The van der Waals surface area contributed by atoms with E-state index in [0.29, 0.717) is 13.1 Å². The molecule has 0 saturated heterocycles. The van der Waals surface area contributed by atoms with Gasteiger partial charge in [-0.05, 0) is 40.0 Å². The van der Waals surface area contributed by atoms with Crippen LogP contribution in [-0.4, -0.2) is 42.8 Å². The maximum absolute atomic E-state index is 12.5. The number of nitrogens with one attached hydrogen (secondary N) is 2. The maximum Gasteiger partial charge on any atom is 0.407 e. The van der Waals surface area contributed by atoms with Gasteiger partial charge < -0.3 is 20.5 Å². The molecule has 2 unspecified atom stereocenters. The molecule has 0 saturated carbocycles. The number of amides is 2. The molecule has 2 atom stereocenters. The van der Waals surface area contributed by atoms with Crippen LogP contribution in [0, 0.1) is 17.8 Å². The summed E-state index contributed by atoms with van der Waals surface area (Å²) in [6.45, 7) is 6.68. The van der Waals surface area contributed by atoms with Crippen LogP contribution in [0.25, 0.3) is 11.1 Å². The lowest BCUT2D eigenvalue weighted by atomic mass is 9.92. The molecular weight excluding hydrogens is 432 g/mol. The smallest absolute Gasteiger partial charge is 0.407 e. The number of carboxylic acids is 1. The Morgan fingerprint density at radius 2 is 1.47 bits per heavy atom. The predicted octanol–water partition coefficient (Wildman–Crippen LogP) is 4.41. The molecule has 2 aromatic rings. The lowest BCUT2D eigenvalue weighted by Crippen LogP contribution is -2.37. The number of hydrogen-bond acceptors (Lipinski definition) is 4. The van der Waals surface area contributed by atoms with E-state index in [4.69, 9.17) is 9.84 Å². The van der Waals surface area contributed by atoms with E-state index < -0.39 is 12.1 Å². The van der Waals surface area contributed by atoms with Crippen molar-refractivity contribution >= 4 is 18.0 Å². The average molecular weight is 467 g/mol. The third kappa shape index (κ3) is 6.59. The van der Waals surface area contributed by atoms with E-state index in [1.54, 1.807) is 6.92 Å². The highest BCUT2D eigenvalue weighted by Crippen LogP contribution is 2.44. The van der Waals surface area contributed by atoms with Crippen molar-refractivity contribution in [1.82, 2.24) is 10.6 Å². The van der Waals surface area contributed by atoms with Gasteiger partial charge in [-0.25, -0.2) is 4.79 Å². The molecule has 0 radical (unpaired) electrons. The van der Waals surface area contributed by atoms with Crippen molar-refractivity contribution in [2.45, 2.75) is 39.5 Å². The number of carbonyl (C=O) groups excluding carboxylic acids is 2. The third-order valence-corrected chi connectivity index (χ3v) is 6.41. The Bertz CT molecular complexity index is 974. The van der Waals surface area contributed by atoms with Crippen molar-refractivity contribution in [3.8, 4) is 11.1 Å². The molecular formula is C27H34N2O5.